The van der Waals surface area contributed by atoms with Crippen molar-refractivity contribution in [1.82, 2.24) is 0 Å². The predicted molar refractivity (Wildman–Crippen MR) is 173 cm³/mol. The average molecular weight is 640 g/mol. The van der Waals surface area contributed by atoms with E-state index in [2.05, 4.69) is 0 Å². The molecule has 12 heteroatoms. The molecule has 10 nitrogen and oxygen atoms in total. The fourth-order valence-electron chi connectivity index (χ4n) is 7.10. The number of para-hydroxylation sites is 1. The number of halogens is 1. The van der Waals surface area contributed by atoms with Gasteiger partial charge in [0.25, 0.3) is 5.69 Å². The van der Waals surface area contributed by atoms with Gasteiger partial charge in [0.15, 0.2) is 11.6 Å². The van der Waals surface area contributed by atoms with Gasteiger partial charge in [-0.3, -0.25) is 19.7 Å². The number of allylic oxidation sites excluding steroid dienone is 1. The monoisotopic (exact) mass is 640 g/mol. The number of amides is 2. The number of fused-ring (bicyclic) bond motifs is 3. The molecule has 4 atom stereocenters. The molecular weight excluding hydrogens is 606 g/mol. The molecule has 3 aromatic rings. The molecule has 242 valence electrons. The van der Waals surface area contributed by atoms with Gasteiger partial charge >= 0.3 is 7.12 Å². The second-order valence-corrected chi connectivity index (χ2v) is 12.1. The van der Waals surface area contributed by atoms with Crippen LogP contribution in [-0.2, 0) is 14.2 Å². The van der Waals surface area contributed by atoms with Gasteiger partial charge in [0.05, 0.1) is 28.6 Å². The zero-order chi connectivity index (χ0) is 33.2. The molecule has 0 unspecified atom stereocenters. The summed E-state index contributed by atoms with van der Waals surface area (Å²) in [5.74, 6) is -3.42. The van der Waals surface area contributed by atoms with Gasteiger partial charge in [0.2, 0.25) is 11.8 Å². The maximum absolute atomic E-state index is 14.1. The van der Waals surface area contributed by atoms with Gasteiger partial charge in [0, 0.05) is 12.1 Å². The molecule has 2 fully saturated rings. The topological polar surface area (TPSA) is 139 Å². The highest BCUT2D eigenvalue weighted by Crippen LogP contribution is 2.51. The zero-order valence-electron chi connectivity index (χ0n) is 25.8. The minimum absolute atomic E-state index is 0.104. The third kappa shape index (κ3) is 6.56. The first kappa shape index (κ1) is 32.1. The fraction of sp³-hybridized carbons (Fsp3) is 0.314. The van der Waals surface area contributed by atoms with Crippen molar-refractivity contribution in [3.8, 4) is 11.5 Å². The van der Waals surface area contributed by atoms with Gasteiger partial charge in [-0.25, -0.2) is 9.29 Å². The van der Waals surface area contributed by atoms with E-state index in [0.29, 0.717) is 30.6 Å². The van der Waals surface area contributed by atoms with E-state index >= 15 is 0 Å². The summed E-state index contributed by atoms with van der Waals surface area (Å²) in [6.07, 6.45) is 3.28. The van der Waals surface area contributed by atoms with Crippen molar-refractivity contribution >= 4 is 36.4 Å². The van der Waals surface area contributed by atoms with Crippen molar-refractivity contribution in [3.05, 3.63) is 111 Å². The standard InChI is InChI=1S/C35H34BFN2O8/c1-2-21(15-22-11-13-30(40)29(37)16-22)12-14-31-32-23(20-46-26-9-4-3-5-10-26)17-27-33(28(32)19-36(43)47-31)35(42)38(34(27)41)24-7-6-8-25(18-24)39(44)45/h3-11,13,15-16,18,27-28,31,33,40,43H,2,12,14,17,19-20H2,1H3/b21-15+/t27-,28+,31-,33-/m1/s1. The Hall–Kier alpha value is -4.81. The molecule has 2 heterocycles. The number of rotatable bonds is 10. The van der Waals surface area contributed by atoms with Crippen molar-refractivity contribution < 1.29 is 38.4 Å². The highest BCUT2D eigenvalue weighted by atomic mass is 19.1. The molecule has 47 heavy (non-hydrogen) atoms. The van der Waals surface area contributed by atoms with Crippen molar-refractivity contribution in [3.63, 3.8) is 0 Å². The maximum atomic E-state index is 14.1. The second kappa shape index (κ2) is 13.5. The molecule has 2 saturated heterocycles. The number of aromatic hydroxyl groups is 1. The summed E-state index contributed by atoms with van der Waals surface area (Å²) in [5.41, 5.74) is 3.16. The van der Waals surface area contributed by atoms with Crippen LogP contribution in [0.4, 0.5) is 15.8 Å². The summed E-state index contributed by atoms with van der Waals surface area (Å²) >= 11 is 0. The number of non-ortho nitro benzene ring substituents is 1. The third-order valence-corrected chi connectivity index (χ3v) is 9.29. The number of hydrogen-bond donors (Lipinski definition) is 2. The van der Waals surface area contributed by atoms with E-state index in [4.69, 9.17) is 9.39 Å². The van der Waals surface area contributed by atoms with Crippen LogP contribution in [0.5, 0.6) is 11.5 Å². The minimum Gasteiger partial charge on any atom is -0.505 e. The van der Waals surface area contributed by atoms with E-state index in [9.17, 15) is 34.2 Å². The smallest absolute Gasteiger partial charge is 0.455 e. The van der Waals surface area contributed by atoms with Crippen LogP contribution < -0.4 is 9.64 Å². The molecule has 1 aliphatic carbocycles. The number of ether oxygens (including phenoxy) is 1. The van der Waals surface area contributed by atoms with Crippen LogP contribution in [0.3, 0.4) is 0 Å². The molecule has 3 aliphatic rings. The Balaban J connectivity index is 1.33. The lowest BCUT2D eigenvalue weighted by atomic mass is 9.58. The normalized spacial score (nSPS) is 22.7. The van der Waals surface area contributed by atoms with Crippen LogP contribution in [0.1, 0.15) is 38.2 Å². The molecule has 0 radical (unpaired) electrons. The SMILES string of the molecule is CC/C(=C\c1ccc(O)c(F)c1)CC[C@H]1OB(O)C[C@H]2C1=C(COc1ccccc1)C[C@H]1C(=O)N(c3cccc([N+](=O)[O-])c3)C(=O)[C@H]12. The number of carbonyl (C=O) groups is 2. The van der Waals surface area contributed by atoms with Gasteiger partial charge in [0.1, 0.15) is 12.4 Å². The highest BCUT2D eigenvalue weighted by molar-refractivity contribution is 6.43. The van der Waals surface area contributed by atoms with Gasteiger partial charge in [-0.15, -0.1) is 0 Å². The summed E-state index contributed by atoms with van der Waals surface area (Å²) in [5, 5.41) is 32.0. The van der Waals surface area contributed by atoms with Crippen molar-refractivity contribution in [1.29, 1.82) is 0 Å². The molecule has 0 aromatic heterocycles. The largest absolute Gasteiger partial charge is 0.505 e. The van der Waals surface area contributed by atoms with E-state index in [1.54, 1.807) is 6.07 Å². The first-order valence-electron chi connectivity index (χ1n) is 15.7. The van der Waals surface area contributed by atoms with E-state index < -0.39 is 59.3 Å². The molecule has 0 saturated carbocycles. The Morgan fingerprint density at radius 3 is 2.62 bits per heavy atom. The van der Waals surface area contributed by atoms with Crippen LogP contribution in [0.15, 0.2) is 89.5 Å². The van der Waals surface area contributed by atoms with Crippen LogP contribution in [0.2, 0.25) is 6.32 Å². The molecule has 2 aliphatic heterocycles. The summed E-state index contributed by atoms with van der Waals surface area (Å²) in [6, 6.07) is 18.9. The quantitative estimate of drug-likeness (QED) is 0.0892. The molecular formula is C35H34BFN2O8. The maximum Gasteiger partial charge on any atom is 0.455 e. The van der Waals surface area contributed by atoms with E-state index in [0.717, 1.165) is 21.6 Å². The average Bonchev–Trinajstić information content (AvgIpc) is 3.32. The highest BCUT2D eigenvalue weighted by Gasteiger charge is 2.57. The Bertz CT molecular complexity index is 1760. The number of benzene rings is 3. The lowest BCUT2D eigenvalue weighted by Crippen LogP contribution is -2.46. The number of nitro benzene ring substituents is 1. The van der Waals surface area contributed by atoms with E-state index in [1.807, 2.05) is 43.3 Å². The number of hydrogen-bond acceptors (Lipinski definition) is 8. The van der Waals surface area contributed by atoms with Crippen molar-refractivity contribution in [2.24, 2.45) is 17.8 Å². The molecule has 0 spiro atoms. The lowest BCUT2D eigenvalue weighted by Gasteiger charge is -2.43. The van der Waals surface area contributed by atoms with E-state index in [-0.39, 0.29) is 30.7 Å². The fourth-order valence-corrected chi connectivity index (χ4v) is 7.10. The van der Waals surface area contributed by atoms with Crippen molar-refractivity contribution in [2.45, 2.75) is 45.0 Å². The molecule has 0 bridgehead atoms. The number of nitro groups is 1. The van der Waals surface area contributed by atoms with Crippen LogP contribution in [-0.4, -0.2) is 46.7 Å². The first-order valence-corrected chi connectivity index (χ1v) is 15.7. The summed E-state index contributed by atoms with van der Waals surface area (Å²) in [4.78, 5) is 39.9. The Morgan fingerprint density at radius 2 is 1.89 bits per heavy atom. The van der Waals surface area contributed by atoms with Gasteiger partial charge in [-0.1, -0.05) is 48.9 Å². The number of imide groups is 1. The Kier molecular flexibility index (Phi) is 9.24. The lowest BCUT2D eigenvalue weighted by molar-refractivity contribution is -0.384. The second-order valence-electron chi connectivity index (χ2n) is 12.1. The van der Waals surface area contributed by atoms with Gasteiger partial charge < -0.3 is 19.5 Å². The number of nitrogens with zero attached hydrogens (tertiary/aromatic N) is 2. The van der Waals surface area contributed by atoms with Crippen molar-refractivity contribution in [2.75, 3.05) is 11.5 Å². The first-order chi connectivity index (χ1) is 22.6. The van der Waals surface area contributed by atoms with Crippen LogP contribution >= 0.6 is 0 Å². The molecule has 6 rings (SSSR count). The Morgan fingerprint density at radius 1 is 1.11 bits per heavy atom. The van der Waals surface area contributed by atoms with Crippen LogP contribution in [0.25, 0.3) is 6.08 Å². The molecule has 2 N–H and O–H groups in total. The number of phenolic OH excluding ortho intramolecular Hbond substituents is 1. The summed E-state index contributed by atoms with van der Waals surface area (Å²) < 4.78 is 26.3. The number of phenols is 1. The third-order valence-electron chi connectivity index (χ3n) is 9.29. The summed E-state index contributed by atoms with van der Waals surface area (Å²) in [6.45, 7) is 2.13. The van der Waals surface area contributed by atoms with E-state index in [1.165, 1.54) is 36.4 Å². The predicted octanol–water partition coefficient (Wildman–Crippen LogP) is 6.09. The zero-order valence-corrected chi connectivity index (χ0v) is 25.8. The molecule has 2 amide bonds. The van der Waals surface area contributed by atoms with Gasteiger partial charge in [-0.05, 0) is 85.0 Å². The van der Waals surface area contributed by atoms with Gasteiger partial charge in [-0.2, -0.15) is 0 Å². The van der Waals surface area contributed by atoms with Crippen LogP contribution in [0, 0.1) is 33.7 Å². The summed E-state index contributed by atoms with van der Waals surface area (Å²) in [7, 11) is -1.18. The number of anilines is 1. The molecule has 3 aromatic carbocycles. The Labute approximate surface area is 271 Å². The minimum atomic E-state index is -1.18. The number of carbonyl (C=O) groups excluding carboxylic acids is 2.